The molecule has 0 aromatic heterocycles. The standard InChI is InChI=1S/C9H10INO/c10-7-1-3-8(4-2-7)11-9-5-12-6-9/h1-4,9,11H,5-6H2. The molecule has 0 unspecified atom stereocenters. The average molecular weight is 275 g/mol. The first-order valence-electron chi connectivity index (χ1n) is 3.94. The van der Waals surface area contributed by atoms with Crippen LogP contribution in [0, 0.1) is 3.57 Å². The maximum Gasteiger partial charge on any atom is 0.0728 e. The highest BCUT2D eigenvalue weighted by Gasteiger charge is 2.17. The summed E-state index contributed by atoms with van der Waals surface area (Å²) in [5.74, 6) is 0. The van der Waals surface area contributed by atoms with Crippen molar-refractivity contribution in [3.05, 3.63) is 27.8 Å². The van der Waals surface area contributed by atoms with E-state index in [4.69, 9.17) is 4.74 Å². The Morgan fingerprint density at radius 2 is 1.92 bits per heavy atom. The molecule has 12 heavy (non-hydrogen) atoms. The third-order valence-electron chi connectivity index (χ3n) is 1.85. The second kappa shape index (κ2) is 3.62. The fourth-order valence-corrected chi connectivity index (χ4v) is 1.46. The van der Waals surface area contributed by atoms with Gasteiger partial charge in [0.2, 0.25) is 0 Å². The first-order chi connectivity index (χ1) is 5.84. The number of anilines is 1. The summed E-state index contributed by atoms with van der Waals surface area (Å²) >= 11 is 2.30. The van der Waals surface area contributed by atoms with Crippen LogP contribution >= 0.6 is 22.6 Å². The van der Waals surface area contributed by atoms with E-state index in [1.165, 1.54) is 9.26 Å². The highest BCUT2D eigenvalue weighted by molar-refractivity contribution is 14.1. The van der Waals surface area contributed by atoms with E-state index < -0.39 is 0 Å². The minimum absolute atomic E-state index is 0.519. The molecule has 64 valence electrons. The van der Waals surface area contributed by atoms with Gasteiger partial charge in [-0.25, -0.2) is 0 Å². The fraction of sp³-hybridized carbons (Fsp3) is 0.333. The molecule has 1 saturated heterocycles. The Hall–Kier alpha value is -0.290. The van der Waals surface area contributed by atoms with Gasteiger partial charge in [0.15, 0.2) is 0 Å². The topological polar surface area (TPSA) is 21.3 Å². The minimum atomic E-state index is 0.519. The average Bonchev–Trinajstić information content (AvgIpc) is 2.00. The smallest absolute Gasteiger partial charge is 0.0728 e. The van der Waals surface area contributed by atoms with Crippen molar-refractivity contribution in [2.45, 2.75) is 6.04 Å². The van der Waals surface area contributed by atoms with Crippen molar-refractivity contribution in [3.8, 4) is 0 Å². The molecule has 1 aromatic rings. The molecule has 0 atom stereocenters. The molecule has 1 fully saturated rings. The summed E-state index contributed by atoms with van der Waals surface area (Å²) in [5, 5.41) is 3.38. The Bertz CT molecular complexity index is 256. The quantitative estimate of drug-likeness (QED) is 0.835. The molecule has 2 rings (SSSR count). The Balaban J connectivity index is 1.98. The van der Waals surface area contributed by atoms with Crippen molar-refractivity contribution >= 4 is 28.3 Å². The molecule has 0 saturated carbocycles. The first kappa shape index (κ1) is 8.31. The van der Waals surface area contributed by atoms with Gasteiger partial charge in [0.25, 0.3) is 0 Å². The Morgan fingerprint density at radius 3 is 2.42 bits per heavy atom. The summed E-state index contributed by atoms with van der Waals surface area (Å²) in [6, 6.07) is 8.91. The molecule has 0 spiro atoms. The maximum atomic E-state index is 5.07. The Morgan fingerprint density at radius 1 is 1.25 bits per heavy atom. The maximum absolute atomic E-state index is 5.07. The highest BCUT2D eigenvalue weighted by atomic mass is 127. The zero-order valence-corrected chi connectivity index (χ0v) is 8.74. The molecule has 1 aromatic carbocycles. The van der Waals surface area contributed by atoms with Gasteiger partial charge in [0, 0.05) is 9.26 Å². The van der Waals surface area contributed by atoms with Gasteiger partial charge in [-0.15, -0.1) is 0 Å². The van der Waals surface area contributed by atoms with E-state index in [1.807, 2.05) is 0 Å². The fourth-order valence-electron chi connectivity index (χ4n) is 1.10. The lowest BCUT2D eigenvalue weighted by Gasteiger charge is -2.27. The summed E-state index contributed by atoms with van der Waals surface area (Å²) in [6.45, 7) is 1.68. The van der Waals surface area contributed by atoms with E-state index >= 15 is 0 Å². The van der Waals surface area contributed by atoms with Gasteiger partial charge in [-0.1, -0.05) is 0 Å². The lowest BCUT2D eigenvalue weighted by molar-refractivity contribution is 0.0211. The number of ether oxygens (including phenoxy) is 1. The van der Waals surface area contributed by atoms with Crippen molar-refractivity contribution in [1.82, 2.24) is 0 Å². The van der Waals surface area contributed by atoms with Crippen LogP contribution in [0.2, 0.25) is 0 Å². The molecule has 0 aliphatic carbocycles. The third kappa shape index (κ3) is 1.90. The van der Waals surface area contributed by atoms with E-state index in [0.717, 1.165) is 13.2 Å². The summed E-state index contributed by atoms with van der Waals surface area (Å²) in [5.41, 5.74) is 1.18. The zero-order valence-electron chi connectivity index (χ0n) is 6.59. The molecule has 0 radical (unpaired) electrons. The van der Waals surface area contributed by atoms with Gasteiger partial charge >= 0.3 is 0 Å². The van der Waals surface area contributed by atoms with E-state index in [-0.39, 0.29) is 0 Å². The van der Waals surface area contributed by atoms with Crippen LogP contribution in [-0.2, 0) is 4.74 Å². The molecule has 1 N–H and O–H groups in total. The van der Waals surface area contributed by atoms with Gasteiger partial charge in [0.05, 0.1) is 19.3 Å². The van der Waals surface area contributed by atoms with Crippen LogP contribution in [0.25, 0.3) is 0 Å². The van der Waals surface area contributed by atoms with Crippen LogP contribution in [0.15, 0.2) is 24.3 Å². The normalized spacial score (nSPS) is 17.1. The lowest BCUT2D eigenvalue weighted by atomic mass is 10.2. The monoisotopic (exact) mass is 275 g/mol. The van der Waals surface area contributed by atoms with Gasteiger partial charge in [0.1, 0.15) is 0 Å². The molecular weight excluding hydrogens is 265 g/mol. The van der Waals surface area contributed by atoms with Gasteiger partial charge in [-0.3, -0.25) is 0 Å². The van der Waals surface area contributed by atoms with Gasteiger partial charge in [-0.2, -0.15) is 0 Å². The zero-order chi connectivity index (χ0) is 8.39. The lowest BCUT2D eigenvalue weighted by Crippen LogP contribution is -2.40. The summed E-state index contributed by atoms with van der Waals surface area (Å²) in [4.78, 5) is 0. The van der Waals surface area contributed by atoms with Crippen LogP contribution in [-0.4, -0.2) is 19.3 Å². The van der Waals surface area contributed by atoms with Gasteiger partial charge in [-0.05, 0) is 46.9 Å². The van der Waals surface area contributed by atoms with Crippen LogP contribution in [0.1, 0.15) is 0 Å². The third-order valence-corrected chi connectivity index (χ3v) is 2.57. The molecule has 1 aliphatic rings. The number of hydrogen-bond acceptors (Lipinski definition) is 2. The number of hydrogen-bond donors (Lipinski definition) is 1. The van der Waals surface area contributed by atoms with Crippen LogP contribution < -0.4 is 5.32 Å². The Kier molecular flexibility index (Phi) is 2.51. The number of rotatable bonds is 2. The molecule has 1 aliphatic heterocycles. The molecule has 0 amide bonds. The van der Waals surface area contributed by atoms with Crippen molar-refractivity contribution in [1.29, 1.82) is 0 Å². The van der Waals surface area contributed by atoms with E-state index in [0.29, 0.717) is 6.04 Å². The Labute approximate surface area is 85.4 Å². The molecule has 0 bridgehead atoms. The van der Waals surface area contributed by atoms with Crippen LogP contribution in [0.4, 0.5) is 5.69 Å². The van der Waals surface area contributed by atoms with Crippen LogP contribution in [0.5, 0.6) is 0 Å². The number of benzene rings is 1. The van der Waals surface area contributed by atoms with E-state index in [1.54, 1.807) is 0 Å². The van der Waals surface area contributed by atoms with Crippen molar-refractivity contribution in [2.75, 3.05) is 18.5 Å². The van der Waals surface area contributed by atoms with Crippen LogP contribution in [0.3, 0.4) is 0 Å². The van der Waals surface area contributed by atoms with E-state index in [9.17, 15) is 0 Å². The second-order valence-electron chi connectivity index (χ2n) is 2.89. The summed E-state index contributed by atoms with van der Waals surface area (Å²) in [7, 11) is 0. The largest absolute Gasteiger partial charge is 0.378 e. The van der Waals surface area contributed by atoms with Crippen molar-refractivity contribution < 1.29 is 4.74 Å². The molecule has 2 nitrogen and oxygen atoms in total. The highest BCUT2D eigenvalue weighted by Crippen LogP contribution is 2.14. The SMILES string of the molecule is Ic1ccc(NC2COC2)cc1. The predicted octanol–water partition coefficient (Wildman–Crippen LogP) is 2.10. The molecule has 3 heteroatoms. The predicted molar refractivity (Wildman–Crippen MR) is 57.4 cm³/mol. The van der Waals surface area contributed by atoms with E-state index in [2.05, 4.69) is 52.2 Å². The van der Waals surface area contributed by atoms with Crippen molar-refractivity contribution in [2.24, 2.45) is 0 Å². The first-order valence-corrected chi connectivity index (χ1v) is 5.02. The molecule has 1 heterocycles. The summed E-state index contributed by atoms with van der Waals surface area (Å²) in [6.07, 6.45) is 0. The van der Waals surface area contributed by atoms with Crippen molar-refractivity contribution in [3.63, 3.8) is 0 Å². The summed E-state index contributed by atoms with van der Waals surface area (Å²) < 4.78 is 6.33. The minimum Gasteiger partial charge on any atom is -0.378 e. The number of halogens is 1. The second-order valence-corrected chi connectivity index (χ2v) is 4.13. The number of nitrogens with one attached hydrogen (secondary N) is 1. The van der Waals surface area contributed by atoms with Gasteiger partial charge < -0.3 is 10.1 Å². The molecular formula is C9H10INO.